The monoisotopic (exact) mass is 235 g/mol. The third-order valence-corrected chi connectivity index (χ3v) is 3.58. The summed E-state index contributed by atoms with van der Waals surface area (Å²) in [4.78, 5) is 4.75. The van der Waals surface area contributed by atoms with E-state index in [-0.39, 0.29) is 0 Å². The standard InChI is InChI=1S/C14H21NO2/c1-10-7-8-12(9-16-15)14(11(10)2)17-13-5-3-4-6-13/h7-8,13H,3-6,9,15H2,1-2H3. The Hall–Kier alpha value is -1.06. The summed E-state index contributed by atoms with van der Waals surface area (Å²) in [6.07, 6.45) is 5.25. The Kier molecular flexibility index (Phi) is 4.02. The van der Waals surface area contributed by atoms with Crippen molar-refractivity contribution in [2.45, 2.75) is 52.2 Å². The number of hydrogen-bond donors (Lipinski definition) is 1. The van der Waals surface area contributed by atoms with E-state index < -0.39 is 0 Å². The maximum atomic E-state index is 6.14. The molecule has 0 bridgehead atoms. The van der Waals surface area contributed by atoms with Crippen LogP contribution in [0, 0.1) is 13.8 Å². The largest absolute Gasteiger partial charge is 0.490 e. The average Bonchev–Trinajstić information content (AvgIpc) is 2.81. The topological polar surface area (TPSA) is 44.5 Å². The van der Waals surface area contributed by atoms with Crippen molar-refractivity contribution in [3.63, 3.8) is 0 Å². The van der Waals surface area contributed by atoms with Gasteiger partial charge in [0, 0.05) is 5.56 Å². The summed E-state index contributed by atoms with van der Waals surface area (Å²) in [6, 6.07) is 4.13. The lowest BCUT2D eigenvalue weighted by molar-refractivity contribution is 0.118. The molecule has 1 aliphatic carbocycles. The molecule has 0 aliphatic heterocycles. The molecule has 0 saturated heterocycles. The Morgan fingerprint density at radius 1 is 1.24 bits per heavy atom. The maximum Gasteiger partial charge on any atom is 0.128 e. The highest BCUT2D eigenvalue weighted by molar-refractivity contribution is 5.45. The van der Waals surface area contributed by atoms with Gasteiger partial charge in [0.05, 0.1) is 12.7 Å². The highest BCUT2D eigenvalue weighted by Crippen LogP contribution is 2.31. The van der Waals surface area contributed by atoms with Crippen molar-refractivity contribution in [2.75, 3.05) is 0 Å². The van der Waals surface area contributed by atoms with Gasteiger partial charge in [-0.1, -0.05) is 12.1 Å². The molecule has 0 aromatic heterocycles. The molecule has 3 nitrogen and oxygen atoms in total. The van der Waals surface area contributed by atoms with Crippen LogP contribution in [0.3, 0.4) is 0 Å². The number of hydrogen-bond acceptors (Lipinski definition) is 3. The van der Waals surface area contributed by atoms with Gasteiger partial charge < -0.3 is 4.74 Å². The molecule has 17 heavy (non-hydrogen) atoms. The fourth-order valence-electron chi connectivity index (χ4n) is 2.39. The van der Waals surface area contributed by atoms with Gasteiger partial charge in [-0.15, -0.1) is 0 Å². The van der Waals surface area contributed by atoms with Gasteiger partial charge in [0.2, 0.25) is 0 Å². The van der Waals surface area contributed by atoms with E-state index in [0.29, 0.717) is 12.7 Å². The van der Waals surface area contributed by atoms with Crippen molar-refractivity contribution >= 4 is 0 Å². The predicted molar refractivity (Wildman–Crippen MR) is 67.8 cm³/mol. The number of rotatable bonds is 4. The van der Waals surface area contributed by atoms with Gasteiger partial charge in [0.1, 0.15) is 5.75 Å². The molecular formula is C14H21NO2. The molecule has 1 aromatic carbocycles. The molecule has 3 heteroatoms. The van der Waals surface area contributed by atoms with Gasteiger partial charge in [-0.05, 0) is 50.7 Å². The zero-order chi connectivity index (χ0) is 12.3. The Bertz CT molecular complexity index is 384. The Balaban J connectivity index is 2.24. The van der Waals surface area contributed by atoms with Crippen molar-refractivity contribution in [1.29, 1.82) is 0 Å². The number of ether oxygens (including phenoxy) is 1. The van der Waals surface area contributed by atoms with Crippen LogP contribution in [-0.4, -0.2) is 6.10 Å². The first-order chi connectivity index (χ1) is 8.22. The lowest BCUT2D eigenvalue weighted by Gasteiger charge is -2.19. The van der Waals surface area contributed by atoms with Gasteiger partial charge >= 0.3 is 0 Å². The van der Waals surface area contributed by atoms with Crippen molar-refractivity contribution in [2.24, 2.45) is 5.90 Å². The van der Waals surface area contributed by atoms with Gasteiger partial charge in [-0.3, -0.25) is 4.84 Å². The van der Waals surface area contributed by atoms with Crippen molar-refractivity contribution in [3.05, 3.63) is 28.8 Å². The normalized spacial score (nSPS) is 16.4. The molecule has 0 atom stereocenters. The maximum absolute atomic E-state index is 6.14. The van der Waals surface area contributed by atoms with Crippen LogP contribution >= 0.6 is 0 Å². The second-order valence-corrected chi connectivity index (χ2v) is 4.83. The fraction of sp³-hybridized carbons (Fsp3) is 0.571. The molecule has 2 rings (SSSR count). The number of nitrogens with two attached hydrogens (primary N) is 1. The van der Waals surface area contributed by atoms with Crippen LogP contribution in [0.4, 0.5) is 0 Å². The quantitative estimate of drug-likeness (QED) is 0.816. The molecule has 0 spiro atoms. The van der Waals surface area contributed by atoms with Crippen LogP contribution in [0.15, 0.2) is 12.1 Å². The first-order valence-corrected chi connectivity index (χ1v) is 6.29. The van der Waals surface area contributed by atoms with Crippen LogP contribution in [-0.2, 0) is 11.4 Å². The van der Waals surface area contributed by atoms with E-state index >= 15 is 0 Å². The van der Waals surface area contributed by atoms with Gasteiger partial charge in [-0.2, -0.15) is 0 Å². The second kappa shape index (κ2) is 5.52. The summed E-state index contributed by atoms with van der Waals surface area (Å²) in [6.45, 7) is 4.60. The SMILES string of the molecule is Cc1ccc(CON)c(OC2CCCC2)c1C. The van der Waals surface area contributed by atoms with Crippen LogP contribution < -0.4 is 10.6 Å². The summed E-state index contributed by atoms with van der Waals surface area (Å²) in [5.74, 6) is 6.14. The van der Waals surface area contributed by atoms with Crippen molar-refractivity contribution in [1.82, 2.24) is 0 Å². The van der Waals surface area contributed by atoms with E-state index in [1.807, 2.05) is 6.07 Å². The molecule has 1 saturated carbocycles. The van der Waals surface area contributed by atoms with Crippen LogP contribution in [0.1, 0.15) is 42.4 Å². The molecule has 0 amide bonds. The van der Waals surface area contributed by atoms with Gasteiger partial charge in [0.15, 0.2) is 0 Å². The zero-order valence-electron chi connectivity index (χ0n) is 10.7. The molecule has 0 radical (unpaired) electrons. The summed E-state index contributed by atoms with van der Waals surface area (Å²) in [5.41, 5.74) is 3.49. The number of benzene rings is 1. The molecule has 1 fully saturated rings. The van der Waals surface area contributed by atoms with Crippen molar-refractivity contribution < 1.29 is 9.57 Å². The zero-order valence-corrected chi connectivity index (χ0v) is 10.7. The summed E-state index contributed by atoms with van der Waals surface area (Å²) < 4.78 is 6.14. The lowest BCUT2D eigenvalue weighted by Crippen LogP contribution is -2.14. The Morgan fingerprint density at radius 2 is 1.94 bits per heavy atom. The Morgan fingerprint density at radius 3 is 2.59 bits per heavy atom. The van der Waals surface area contributed by atoms with E-state index in [1.165, 1.54) is 24.0 Å². The average molecular weight is 235 g/mol. The van der Waals surface area contributed by atoms with E-state index in [4.69, 9.17) is 15.5 Å². The highest BCUT2D eigenvalue weighted by atomic mass is 16.6. The third-order valence-electron chi connectivity index (χ3n) is 3.58. The van der Waals surface area contributed by atoms with Crippen LogP contribution in [0.2, 0.25) is 0 Å². The second-order valence-electron chi connectivity index (χ2n) is 4.83. The lowest BCUT2D eigenvalue weighted by atomic mass is 10.0. The smallest absolute Gasteiger partial charge is 0.128 e. The summed E-state index contributed by atoms with van der Waals surface area (Å²) in [5, 5.41) is 0. The third kappa shape index (κ3) is 2.79. The van der Waals surface area contributed by atoms with E-state index in [2.05, 4.69) is 19.9 Å². The fourth-order valence-corrected chi connectivity index (χ4v) is 2.39. The van der Waals surface area contributed by atoms with Crippen LogP contribution in [0.25, 0.3) is 0 Å². The molecule has 2 N–H and O–H groups in total. The van der Waals surface area contributed by atoms with E-state index in [9.17, 15) is 0 Å². The van der Waals surface area contributed by atoms with Gasteiger partial charge in [-0.25, -0.2) is 5.90 Å². The first kappa shape index (κ1) is 12.4. The van der Waals surface area contributed by atoms with Crippen molar-refractivity contribution in [3.8, 4) is 5.75 Å². The molecule has 1 aliphatic rings. The summed E-state index contributed by atoms with van der Waals surface area (Å²) in [7, 11) is 0. The van der Waals surface area contributed by atoms with Gasteiger partial charge in [0.25, 0.3) is 0 Å². The number of aryl methyl sites for hydroxylation is 1. The minimum atomic E-state index is 0.368. The van der Waals surface area contributed by atoms with E-state index in [1.54, 1.807) is 0 Å². The molecule has 1 aromatic rings. The minimum absolute atomic E-state index is 0.368. The molecule has 94 valence electrons. The molecule has 0 unspecified atom stereocenters. The first-order valence-electron chi connectivity index (χ1n) is 6.29. The minimum Gasteiger partial charge on any atom is -0.490 e. The Labute approximate surface area is 103 Å². The highest BCUT2D eigenvalue weighted by Gasteiger charge is 2.19. The molecule has 0 heterocycles. The predicted octanol–water partition coefficient (Wildman–Crippen LogP) is 3.02. The summed E-state index contributed by atoms with van der Waals surface area (Å²) >= 11 is 0. The van der Waals surface area contributed by atoms with E-state index in [0.717, 1.165) is 24.2 Å². The van der Waals surface area contributed by atoms with Crippen LogP contribution in [0.5, 0.6) is 5.75 Å². The molecular weight excluding hydrogens is 214 g/mol.